The molecule has 0 saturated heterocycles. The van der Waals surface area contributed by atoms with E-state index in [2.05, 4.69) is 10.2 Å². The number of hydrogen-bond donors (Lipinski definition) is 0. The predicted molar refractivity (Wildman–Crippen MR) is 76.8 cm³/mol. The maximum atomic E-state index is 12.0. The first-order valence-corrected chi connectivity index (χ1v) is 7.61. The lowest BCUT2D eigenvalue weighted by Gasteiger charge is -2.10. The van der Waals surface area contributed by atoms with E-state index in [0.717, 1.165) is 28.6 Å². The molecule has 104 valence electrons. The molecule has 0 saturated carbocycles. The Kier molecular flexibility index (Phi) is 3.67. The first-order chi connectivity index (χ1) is 9.70. The quantitative estimate of drug-likeness (QED) is 0.798. The average Bonchev–Trinajstić information content (AvgIpc) is 2.75. The van der Waals surface area contributed by atoms with Crippen LogP contribution in [0.3, 0.4) is 0 Å². The van der Waals surface area contributed by atoms with Crippen molar-refractivity contribution in [3.63, 3.8) is 0 Å². The van der Waals surface area contributed by atoms with E-state index in [1.54, 1.807) is 29.3 Å². The lowest BCUT2D eigenvalue weighted by molar-refractivity contribution is 0.0509. The number of nitrogens with zero attached hydrogens (tertiary/aromatic N) is 3. The van der Waals surface area contributed by atoms with E-state index in [1.165, 1.54) is 0 Å². The molecule has 5 nitrogen and oxygen atoms in total. The molecule has 2 heterocycles. The molecule has 7 heteroatoms. The van der Waals surface area contributed by atoms with Crippen LogP contribution in [0.5, 0.6) is 0 Å². The Morgan fingerprint density at radius 2 is 2.35 bits per heavy atom. The summed E-state index contributed by atoms with van der Waals surface area (Å²) in [6.45, 7) is 2.07. The summed E-state index contributed by atoms with van der Waals surface area (Å²) in [4.78, 5) is 13.0. The van der Waals surface area contributed by atoms with Gasteiger partial charge in [0.25, 0.3) is 0 Å². The second kappa shape index (κ2) is 5.46. The number of rotatable bonds is 2. The molecule has 0 fully saturated rings. The van der Waals surface area contributed by atoms with Crippen molar-refractivity contribution >= 4 is 29.3 Å². The van der Waals surface area contributed by atoms with Crippen LogP contribution in [0.4, 0.5) is 0 Å². The number of aromatic nitrogens is 3. The number of hydrogen-bond acceptors (Lipinski definition) is 5. The normalized spacial score (nSPS) is 13.3. The van der Waals surface area contributed by atoms with Gasteiger partial charge in [0, 0.05) is 22.1 Å². The predicted octanol–water partition coefficient (Wildman–Crippen LogP) is 2.75. The van der Waals surface area contributed by atoms with Crippen LogP contribution in [-0.2, 0) is 11.2 Å². The van der Waals surface area contributed by atoms with Crippen LogP contribution in [-0.4, -0.2) is 33.1 Å². The molecular formula is C13H12ClN3O2S. The highest BCUT2D eigenvalue weighted by atomic mass is 35.5. The van der Waals surface area contributed by atoms with Crippen molar-refractivity contribution in [3.05, 3.63) is 34.9 Å². The van der Waals surface area contributed by atoms with Crippen LogP contribution < -0.4 is 0 Å². The molecule has 0 spiro atoms. The fourth-order valence-corrected chi connectivity index (χ4v) is 3.36. The molecular weight excluding hydrogens is 298 g/mol. The molecule has 1 aliphatic heterocycles. The van der Waals surface area contributed by atoms with E-state index >= 15 is 0 Å². The van der Waals surface area contributed by atoms with Gasteiger partial charge in [-0.15, -0.1) is 22.0 Å². The second-order valence-corrected chi connectivity index (χ2v) is 5.78. The molecule has 3 rings (SSSR count). The summed E-state index contributed by atoms with van der Waals surface area (Å²) in [7, 11) is 0. The molecule has 0 atom stereocenters. The first kappa shape index (κ1) is 13.5. The van der Waals surface area contributed by atoms with Crippen molar-refractivity contribution in [1.82, 2.24) is 14.8 Å². The Balaban J connectivity index is 2.16. The number of esters is 1. The molecule has 0 unspecified atom stereocenters. The first-order valence-electron chi connectivity index (χ1n) is 6.25. The van der Waals surface area contributed by atoms with Gasteiger partial charge in [-0.2, -0.15) is 0 Å². The van der Waals surface area contributed by atoms with E-state index in [-0.39, 0.29) is 5.82 Å². The highest BCUT2D eigenvalue weighted by Crippen LogP contribution is 2.33. The summed E-state index contributed by atoms with van der Waals surface area (Å²) < 4.78 is 6.80. The number of halogens is 1. The Bertz CT molecular complexity index is 672. The summed E-state index contributed by atoms with van der Waals surface area (Å²) in [6, 6.07) is 5.57. The number of aryl methyl sites for hydroxylation is 1. The second-order valence-electron chi connectivity index (χ2n) is 4.21. The lowest BCUT2D eigenvalue weighted by atomic mass is 10.3. The summed E-state index contributed by atoms with van der Waals surface area (Å²) in [6.07, 6.45) is 0.739. The minimum Gasteiger partial charge on any atom is -0.460 e. The van der Waals surface area contributed by atoms with E-state index in [0.29, 0.717) is 11.6 Å². The maximum Gasteiger partial charge on any atom is 0.376 e. The van der Waals surface area contributed by atoms with Gasteiger partial charge in [0.05, 0.1) is 12.3 Å². The van der Waals surface area contributed by atoms with Gasteiger partial charge >= 0.3 is 5.97 Å². The Hall–Kier alpha value is -1.53. The van der Waals surface area contributed by atoms with Gasteiger partial charge in [0.1, 0.15) is 5.82 Å². The molecule has 0 amide bonds. The van der Waals surface area contributed by atoms with Gasteiger partial charge in [-0.1, -0.05) is 11.6 Å². The number of thioether (sulfide) groups is 1. The highest BCUT2D eigenvalue weighted by molar-refractivity contribution is 7.99. The van der Waals surface area contributed by atoms with E-state index in [9.17, 15) is 4.79 Å². The van der Waals surface area contributed by atoms with Gasteiger partial charge in [0.15, 0.2) is 0 Å². The van der Waals surface area contributed by atoms with Crippen LogP contribution >= 0.6 is 23.4 Å². The Morgan fingerprint density at radius 1 is 1.50 bits per heavy atom. The Labute approximate surface area is 125 Å². The van der Waals surface area contributed by atoms with E-state index in [1.807, 2.05) is 12.1 Å². The zero-order chi connectivity index (χ0) is 14.1. The third kappa shape index (κ3) is 2.29. The average molecular weight is 310 g/mol. The Morgan fingerprint density at radius 3 is 3.15 bits per heavy atom. The minimum atomic E-state index is -0.459. The number of benzene rings is 1. The zero-order valence-electron chi connectivity index (χ0n) is 10.8. The van der Waals surface area contributed by atoms with Gasteiger partial charge in [-0.25, -0.2) is 4.79 Å². The molecule has 1 aromatic heterocycles. The number of carbonyl (C=O) groups excluding carboxylic acids is 1. The van der Waals surface area contributed by atoms with E-state index < -0.39 is 5.97 Å². The number of ether oxygens (including phenoxy) is 1. The van der Waals surface area contributed by atoms with Gasteiger partial charge in [-0.3, -0.25) is 4.57 Å². The highest BCUT2D eigenvalue weighted by Gasteiger charge is 2.24. The maximum absolute atomic E-state index is 12.0. The molecule has 1 aliphatic rings. The SMILES string of the molecule is CCOC(=O)c1nnc2n1-c1ccc(Cl)cc1SCC2. The number of carbonyl (C=O) groups is 1. The molecule has 0 N–H and O–H groups in total. The van der Waals surface area contributed by atoms with Crippen molar-refractivity contribution in [2.24, 2.45) is 0 Å². The standard InChI is InChI=1S/C13H12ClN3O2S/c1-2-19-13(18)12-16-15-11-5-6-20-10-7-8(14)3-4-9(10)17(11)12/h3-4,7H,2,5-6H2,1H3. The summed E-state index contributed by atoms with van der Waals surface area (Å²) in [5.74, 6) is 1.39. The molecule has 0 radical (unpaired) electrons. The fourth-order valence-electron chi connectivity index (χ4n) is 2.10. The largest absolute Gasteiger partial charge is 0.460 e. The zero-order valence-corrected chi connectivity index (χ0v) is 12.4. The monoisotopic (exact) mass is 309 g/mol. The van der Waals surface area contributed by atoms with E-state index in [4.69, 9.17) is 16.3 Å². The van der Waals surface area contributed by atoms with Gasteiger partial charge in [-0.05, 0) is 25.1 Å². The van der Waals surface area contributed by atoms with Crippen molar-refractivity contribution in [2.75, 3.05) is 12.4 Å². The van der Waals surface area contributed by atoms with Crippen LogP contribution in [0.15, 0.2) is 23.1 Å². The fraction of sp³-hybridized carbons (Fsp3) is 0.308. The van der Waals surface area contributed by atoms with Crippen LogP contribution in [0.25, 0.3) is 5.69 Å². The topological polar surface area (TPSA) is 57.0 Å². The van der Waals surface area contributed by atoms with Crippen LogP contribution in [0.2, 0.25) is 5.02 Å². The van der Waals surface area contributed by atoms with Crippen molar-refractivity contribution in [3.8, 4) is 5.69 Å². The molecule has 1 aromatic carbocycles. The van der Waals surface area contributed by atoms with Crippen molar-refractivity contribution in [2.45, 2.75) is 18.2 Å². The third-order valence-electron chi connectivity index (χ3n) is 2.93. The van der Waals surface area contributed by atoms with Crippen molar-refractivity contribution < 1.29 is 9.53 Å². The third-order valence-corrected chi connectivity index (χ3v) is 4.22. The molecule has 0 bridgehead atoms. The van der Waals surface area contributed by atoms with Gasteiger partial charge in [0.2, 0.25) is 5.82 Å². The molecule has 2 aromatic rings. The van der Waals surface area contributed by atoms with Crippen LogP contribution in [0, 0.1) is 0 Å². The molecule has 0 aliphatic carbocycles. The molecule has 20 heavy (non-hydrogen) atoms. The lowest BCUT2D eigenvalue weighted by Crippen LogP contribution is -2.14. The summed E-state index contributed by atoms with van der Waals surface area (Å²) in [5.41, 5.74) is 0.875. The summed E-state index contributed by atoms with van der Waals surface area (Å²) >= 11 is 7.73. The van der Waals surface area contributed by atoms with Gasteiger partial charge < -0.3 is 4.74 Å². The smallest absolute Gasteiger partial charge is 0.376 e. The van der Waals surface area contributed by atoms with Crippen molar-refractivity contribution in [1.29, 1.82) is 0 Å². The summed E-state index contributed by atoms with van der Waals surface area (Å²) in [5, 5.41) is 8.75. The minimum absolute atomic E-state index is 0.216. The van der Waals surface area contributed by atoms with Crippen LogP contribution in [0.1, 0.15) is 23.4 Å². The number of fused-ring (bicyclic) bond motifs is 3.